The lowest BCUT2D eigenvalue weighted by Gasteiger charge is -2.25. The highest BCUT2D eigenvalue weighted by Crippen LogP contribution is 2.31. The van der Waals surface area contributed by atoms with Gasteiger partial charge in [0, 0.05) is 25.1 Å². The predicted molar refractivity (Wildman–Crippen MR) is 149 cm³/mol. The van der Waals surface area contributed by atoms with Crippen molar-refractivity contribution >= 4 is 5.91 Å². The Hall–Kier alpha value is -4.13. The van der Waals surface area contributed by atoms with Gasteiger partial charge in [-0.2, -0.15) is 13.2 Å². The SMILES string of the molecule is C[C@@H](C(=O)N(C)CC[C@H](COc1ccc(C(F)(F)F)cc1)c1ccccc1)c1ccc(-c2ccccc2)c(F)c1. The zero-order valence-electron chi connectivity index (χ0n) is 22.4. The van der Waals surface area contributed by atoms with Crippen molar-refractivity contribution in [3.8, 4) is 16.9 Å². The summed E-state index contributed by atoms with van der Waals surface area (Å²) in [7, 11) is 1.71. The van der Waals surface area contributed by atoms with Gasteiger partial charge in [-0.1, -0.05) is 72.8 Å². The van der Waals surface area contributed by atoms with Gasteiger partial charge in [0.25, 0.3) is 0 Å². The molecule has 208 valence electrons. The summed E-state index contributed by atoms with van der Waals surface area (Å²) in [5.41, 5.74) is 2.12. The lowest BCUT2D eigenvalue weighted by molar-refractivity contribution is -0.137. The van der Waals surface area contributed by atoms with E-state index < -0.39 is 17.7 Å². The predicted octanol–water partition coefficient (Wildman–Crippen LogP) is 8.33. The van der Waals surface area contributed by atoms with Gasteiger partial charge in [-0.25, -0.2) is 4.39 Å². The number of halogens is 4. The molecule has 0 aliphatic rings. The van der Waals surface area contributed by atoms with E-state index in [1.54, 1.807) is 31.0 Å². The summed E-state index contributed by atoms with van der Waals surface area (Å²) in [5.74, 6) is -0.814. The number of rotatable bonds is 10. The van der Waals surface area contributed by atoms with E-state index in [-0.39, 0.29) is 24.2 Å². The Morgan fingerprint density at radius 1 is 0.850 bits per heavy atom. The van der Waals surface area contributed by atoms with E-state index in [9.17, 15) is 22.4 Å². The second-order valence-corrected chi connectivity index (χ2v) is 9.82. The lowest BCUT2D eigenvalue weighted by Crippen LogP contribution is -2.32. The van der Waals surface area contributed by atoms with Crippen LogP contribution in [0.4, 0.5) is 17.6 Å². The molecule has 4 aromatic carbocycles. The number of alkyl halides is 3. The van der Waals surface area contributed by atoms with Crippen LogP contribution in [0.1, 0.15) is 41.9 Å². The number of nitrogens with zero attached hydrogens (tertiary/aromatic N) is 1. The van der Waals surface area contributed by atoms with Crippen molar-refractivity contribution in [1.82, 2.24) is 4.90 Å². The number of hydrogen-bond donors (Lipinski definition) is 0. The summed E-state index contributed by atoms with van der Waals surface area (Å²) in [6.07, 6.45) is -3.84. The average Bonchev–Trinajstić information content (AvgIpc) is 2.97. The number of carbonyl (C=O) groups excluding carboxylic acids is 1. The first kappa shape index (κ1) is 28.9. The molecule has 0 aromatic heterocycles. The van der Waals surface area contributed by atoms with Crippen molar-refractivity contribution in [3.05, 3.63) is 126 Å². The maximum Gasteiger partial charge on any atom is 0.416 e. The number of ether oxygens (including phenoxy) is 1. The van der Waals surface area contributed by atoms with Gasteiger partial charge >= 0.3 is 6.18 Å². The Kier molecular flexibility index (Phi) is 9.25. The number of likely N-dealkylation sites (N-methyl/N-ethyl adjacent to an activating group) is 1. The molecular weight excluding hydrogens is 518 g/mol. The first-order valence-corrected chi connectivity index (χ1v) is 13.1. The molecule has 2 atom stereocenters. The first-order chi connectivity index (χ1) is 19.1. The normalized spacial score (nSPS) is 12.9. The fourth-order valence-corrected chi connectivity index (χ4v) is 4.59. The van der Waals surface area contributed by atoms with Gasteiger partial charge in [-0.3, -0.25) is 4.79 Å². The Bertz CT molecular complexity index is 1390. The third kappa shape index (κ3) is 7.29. The van der Waals surface area contributed by atoms with Crippen LogP contribution in [0.5, 0.6) is 5.75 Å². The molecule has 0 N–H and O–H groups in total. The van der Waals surface area contributed by atoms with Crippen LogP contribution in [0.25, 0.3) is 11.1 Å². The second-order valence-electron chi connectivity index (χ2n) is 9.82. The molecular formula is C33H31F4NO2. The van der Waals surface area contributed by atoms with E-state index in [4.69, 9.17) is 4.74 Å². The summed E-state index contributed by atoms with van der Waals surface area (Å²) in [6.45, 7) is 2.42. The molecule has 4 rings (SSSR count). The van der Waals surface area contributed by atoms with Crippen LogP contribution in [-0.4, -0.2) is 31.0 Å². The average molecular weight is 550 g/mol. The van der Waals surface area contributed by atoms with E-state index in [2.05, 4.69) is 0 Å². The van der Waals surface area contributed by atoms with Crippen LogP contribution in [-0.2, 0) is 11.0 Å². The molecule has 0 spiro atoms. The fraction of sp³-hybridized carbons (Fsp3) is 0.242. The second kappa shape index (κ2) is 12.8. The Morgan fingerprint density at radius 3 is 2.08 bits per heavy atom. The van der Waals surface area contributed by atoms with Crippen molar-refractivity contribution in [3.63, 3.8) is 0 Å². The van der Waals surface area contributed by atoms with Gasteiger partial charge in [0.05, 0.1) is 18.1 Å². The zero-order chi connectivity index (χ0) is 28.7. The molecule has 0 fully saturated rings. The molecule has 40 heavy (non-hydrogen) atoms. The third-order valence-electron chi connectivity index (χ3n) is 7.04. The molecule has 0 heterocycles. The van der Waals surface area contributed by atoms with Crippen molar-refractivity contribution in [2.75, 3.05) is 20.2 Å². The summed E-state index contributed by atoms with van der Waals surface area (Å²) >= 11 is 0. The fourth-order valence-electron chi connectivity index (χ4n) is 4.59. The summed E-state index contributed by atoms with van der Waals surface area (Å²) in [4.78, 5) is 14.9. The molecule has 0 radical (unpaired) electrons. The van der Waals surface area contributed by atoms with Gasteiger partial charge in [-0.05, 0) is 60.4 Å². The molecule has 3 nitrogen and oxygen atoms in total. The summed E-state index contributed by atoms with van der Waals surface area (Å²) in [6, 6.07) is 28.4. The van der Waals surface area contributed by atoms with E-state index in [0.717, 1.165) is 23.3 Å². The lowest BCUT2D eigenvalue weighted by atomic mass is 9.94. The van der Waals surface area contributed by atoms with Gasteiger partial charge in [0.15, 0.2) is 0 Å². The maximum absolute atomic E-state index is 14.9. The summed E-state index contributed by atoms with van der Waals surface area (Å²) < 4.78 is 59.4. The molecule has 1 amide bonds. The van der Waals surface area contributed by atoms with Crippen LogP contribution in [0.2, 0.25) is 0 Å². The van der Waals surface area contributed by atoms with Gasteiger partial charge in [-0.15, -0.1) is 0 Å². The molecule has 7 heteroatoms. The molecule has 4 aromatic rings. The topological polar surface area (TPSA) is 29.5 Å². The number of hydrogen-bond acceptors (Lipinski definition) is 2. The van der Waals surface area contributed by atoms with Crippen molar-refractivity contribution in [1.29, 1.82) is 0 Å². The zero-order valence-corrected chi connectivity index (χ0v) is 22.4. The Labute approximate surface area is 232 Å². The van der Waals surface area contributed by atoms with E-state index >= 15 is 0 Å². The summed E-state index contributed by atoms with van der Waals surface area (Å²) in [5, 5.41) is 0. The van der Waals surface area contributed by atoms with Crippen LogP contribution in [0.3, 0.4) is 0 Å². The maximum atomic E-state index is 14.9. The van der Waals surface area contributed by atoms with Crippen molar-refractivity contribution < 1.29 is 27.1 Å². The number of carbonyl (C=O) groups is 1. The highest BCUT2D eigenvalue weighted by Gasteiger charge is 2.30. The highest BCUT2D eigenvalue weighted by molar-refractivity contribution is 5.83. The molecule has 0 aliphatic carbocycles. The molecule has 0 bridgehead atoms. The minimum atomic E-state index is -4.41. The largest absolute Gasteiger partial charge is 0.493 e. The van der Waals surface area contributed by atoms with Crippen LogP contribution in [0.15, 0.2) is 103 Å². The van der Waals surface area contributed by atoms with E-state index in [0.29, 0.717) is 29.8 Å². The third-order valence-corrected chi connectivity index (χ3v) is 7.04. The van der Waals surface area contributed by atoms with Gasteiger partial charge < -0.3 is 9.64 Å². The Balaban J connectivity index is 1.40. The van der Waals surface area contributed by atoms with Crippen molar-refractivity contribution in [2.45, 2.75) is 31.4 Å². The highest BCUT2D eigenvalue weighted by atomic mass is 19.4. The number of benzene rings is 4. The molecule has 0 unspecified atom stereocenters. The Morgan fingerprint density at radius 2 is 1.48 bits per heavy atom. The van der Waals surface area contributed by atoms with Crippen LogP contribution < -0.4 is 4.74 Å². The van der Waals surface area contributed by atoms with E-state index in [1.165, 1.54) is 18.2 Å². The minimum Gasteiger partial charge on any atom is -0.493 e. The standard InChI is InChI=1S/C33H31F4NO2/c1-23(26-13-18-30(31(34)21-26)25-11-7-4-8-12-25)32(39)38(2)20-19-27(24-9-5-3-6-10-24)22-40-29-16-14-28(15-17-29)33(35,36)37/h3-18,21,23,27H,19-20,22H2,1-2H3/t23-,27-/m1/s1. The minimum absolute atomic E-state index is 0.100. The van der Waals surface area contributed by atoms with Gasteiger partial charge in [0.1, 0.15) is 11.6 Å². The monoisotopic (exact) mass is 549 g/mol. The molecule has 0 saturated carbocycles. The smallest absolute Gasteiger partial charge is 0.416 e. The van der Waals surface area contributed by atoms with Crippen LogP contribution in [0, 0.1) is 5.82 Å². The van der Waals surface area contributed by atoms with Crippen LogP contribution >= 0.6 is 0 Å². The first-order valence-electron chi connectivity index (χ1n) is 13.1. The quantitative estimate of drug-likeness (QED) is 0.186. The van der Waals surface area contributed by atoms with Crippen molar-refractivity contribution in [2.24, 2.45) is 0 Å². The molecule has 0 aliphatic heterocycles. The molecule has 0 saturated heterocycles. The number of amides is 1. The van der Waals surface area contributed by atoms with E-state index in [1.807, 2.05) is 60.7 Å². The van der Waals surface area contributed by atoms with Gasteiger partial charge in [0.2, 0.25) is 5.91 Å².